The minimum Gasteiger partial charge on any atom is -0.321 e. The maximum absolute atomic E-state index is 6.40. The van der Waals surface area contributed by atoms with Gasteiger partial charge in [-0.2, -0.15) is 0 Å². The molecular weight excluding hydrogens is 206 g/mol. The Labute approximate surface area is 104 Å². The monoisotopic (exact) mass is 229 g/mol. The molecule has 1 heteroatoms. The second-order valence-corrected chi connectivity index (χ2v) is 6.20. The number of hydrogen-bond donors (Lipinski definition) is 1. The molecule has 1 aromatic carbocycles. The van der Waals surface area contributed by atoms with Crippen molar-refractivity contribution in [2.24, 2.45) is 11.7 Å². The van der Waals surface area contributed by atoms with Crippen LogP contribution < -0.4 is 5.73 Å². The highest BCUT2D eigenvalue weighted by Gasteiger charge is 2.42. The fourth-order valence-electron chi connectivity index (χ4n) is 3.28. The molecule has 0 heterocycles. The number of nitrogens with two attached hydrogens (primary N) is 1. The highest BCUT2D eigenvalue weighted by molar-refractivity contribution is 5.39. The molecule has 0 amide bonds. The molecule has 2 N–H and O–H groups in total. The molecule has 0 bridgehead atoms. The molecule has 2 aliphatic carbocycles. The Morgan fingerprint density at radius 2 is 1.71 bits per heavy atom. The predicted octanol–water partition coefficient (Wildman–Crippen LogP) is 3.93. The molecule has 1 nitrogen and oxygen atoms in total. The van der Waals surface area contributed by atoms with Crippen molar-refractivity contribution in [2.45, 2.75) is 56.9 Å². The first-order valence-electron chi connectivity index (χ1n) is 7.07. The topological polar surface area (TPSA) is 26.0 Å². The lowest BCUT2D eigenvalue weighted by Crippen LogP contribution is -2.22. The summed E-state index contributed by atoms with van der Waals surface area (Å²) < 4.78 is 0. The Hall–Kier alpha value is -0.820. The van der Waals surface area contributed by atoms with Crippen LogP contribution in [0.5, 0.6) is 0 Å². The van der Waals surface area contributed by atoms with E-state index in [1.165, 1.54) is 44.1 Å². The molecule has 0 spiro atoms. The first kappa shape index (κ1) is 11.3. The van der Waals surface area contributed by atoms with Crippen LogP contribution in [0.3, 0.4) is 0 Å². The minimum absolute atomic E-state index is 0.0274. The number of hydrogen-bond acceptors (Lipinski definition) is 1. The molecule has 2 aliphatic rings. The largest absolute Gasteiger partial charge is 0.321 e. The summed E-state index contributed by atoms with van der Waals surface area (Å²) in [6.07, 6.45) is 7.83. The van der Waals surface area contributed by atoms with Crippen LogP contribution in [-0.2, 0) is 5.54 Å². The van der Waals surface area contributed by atoms with Gasteiger partial charge in [0.2, 0.25) is 0 Å². The van der Waals surface area contributed by atoms with E-state index in [1.54, 1.807) is 5.56 Å². The van der Waals surface area contributed by atoms with Gasteiger partial charge in [-0.15, -0.1) is 0 Å². The van der Waals surface area contributed by atoms with Crippen LogP contribution in [0.15, 0.2) is 24.3 Å². The van der Waals surface area contributed by atoms with Gasteiger partial charge in [0.15, 0.2) is 0 Å². The zero-order valence-corrected chi connectivity index (χ0v) is 10.8. The molecule has 0 aliphatic heterocycles. The second-order valence-electron chi connectivity index (χ2n) is 6.20. The Morgan fingerprint density at radius 3 is 2.35 bits per heavy atom. The summed E-state index contributed by atoms with van der Waals surface area (Å²) in [5.74, 6) is 1.69. The highest BCUT2D eigenvalue weighted by atomic mass is 14.8. The summed E-state index contributed by atoms with van der Waals surface area (Å²) in [6, 6.07) is 8.92. The first-order valence-corrected chi connectivity index (χ1v) is 7.07. The molecule has 0 saturated heterocycles. The zero-order valence-electron chi connectivity index (χ0n) is 10.8. The van der Waals surface area contributed by atoms with E-state index in [9.17, 15) is 0 Å². The summed E-state index contributed by atoms with van der Waals surface area (Å²) in [4.78, 5) is 0. The Bertz CT molecular complexity index is 398. The van der Waals surface area contributed by atoms with Gasteiger partial charge in [-0.1, -0.05) is 44.0 Å². The van der Waals surface area contributed by atoms with Gasteiger partial charge in [-0.05, 0) is 48.6 Å². The number of rotatable bonds is 2. The van der Waals surface area contributed by atoms with Crippen LogP contribution in [0.25, 0.3) is 0 Å². The Morgan fingerprint density at radius 1 is 1.06 bits per heavy atom. The van der Waals surface area contributed by atoms with E-state index >= 15 is 0 Å². The average Bonchev–Trinajstić information content (AvgIpc) is 3.10. The standard InChI is InChI=1S/C16H23N/c1-12-6-8-13(9-7-12)14-4-2-3-5-15(14)16(17)10-11-16/h2-5,12-13H,6-11,17H2,1H3. The zero-order chi connectivity index (χ0) is 11.9. The van der Waals surface area contributed by atoms with Crippen LogP contribution in [0.2, 0.25) is 0 Å². The van der Waals surface area contributed by atoms with E-state index in [0.29, 0.717) is 0 Å². The molecule has 0 unspecified atom stereocenters. The molecule has 2 saturated carbocycles. The summed E-state index contributed by atoms with van der Waals surface area (Å²) in [7, 11) is 0. The number of benzene rings is 1. The second kappa shape index (κ2) is 4.13. The quantitative estimate of drug-likeness (QED) is 0.817. The fourth-order valence-corrected chi connectivity index (χ4v) is 3.28. The first-order chi connectivity index (χ1) is 8.19. The van der Waals surface area contributed by atoms with Crippen molar-refractivity contribution in [1.82, 2.24) is 0 Å². The van der Waals surface area contributed by atoms with E-state index in [0.717, 1.165) is 11.8 Å². The van der Waals surface area contributed by atoms with Crippen LogP contribution >= 0.6 is 0 Å². The molecule has 0 aromatic heterocycles. The van der Waals surface area contributed by atoms with Gasteiger partial charge in [0.05, 0.1) is 0 Å². The van der Waals surface area contributed by atoms with Crippen molar-refractivity contribution >= 4 is 0 Å². The van der Waals surface area contributed by atoms with Gasteiger partial charge in [0.1, 0.15) is 0 Å². The Kier molecular flexibility index (Phi) is 2.74. The van der Waals surface area contributed by atoms with Crippen molar-refractivity contribution < 1.29 is 0 Å². The fraction of sp³-hybridized carbons (Fsp3) is 0.625. The van der Waals surface area contributed by atoms with Crippen LogP contribution in [0.4, 0.5) is 0 Å². The van der Waals surface area contributed by atoms with Crippen molar-refractivity contribution in [3.05, 3.63) is 35.4 Å². The Balaban J connectivity index is 1.87. The van der Waals surface area contributed by atoms with Gasteiger partial charge >= 0.3 is 0 Å². The van der Waals surface area contributed by atoms with Crippen molar-refractivity contribution in [3.8, 4) is 0 Å². The molecular formula is C16H23N. The summed E-state index contributed by atoms with van der Waals surface area (Å²) >= 11 is 0. The third-order valence-electron chi connectivity index (χ3n) is 4.74. The van der Waals surface area contributed by atoms with E-state index < -0.39 is 0 Å². The van der Waals surface area contributed by atoms with Crippen molar-refractivity contribution in [3.63, 3.8) is 0 Å². The normalized spacial score (nSPS) is 31.2. The summed E-state index contributed by atoms with van der Waals surface area (Å²) in [6.45, 7) is 2.38. The smallest absolute Gasteiger partial charge is 0.0414 e. The molecule has 0 radical (unpaired) electrons. The van der Waals surface area contributed by atoms with Crippen molar-refractivity contribution in [2.75, 3.05) is 0 Å². The van der Waals surface area contributed by atoms with Crippen LogP contribution in [-0.4, -0.2) is 0 Å². The third-order valence-corrected chi connectivity index (χ3v) is 4.74. The lowest BCUT2D eigenvalue weighted by atomic mass is 9.77. The van der Waals surface area contributed by atoms with Gasteiger partial charge < -0.3 is 5.73 Å². The van der Waals surface area contributed by atoms with Gasteiger partial charge in [0, 0.05) is 5.54 Å². The van der Waals surface area contributed by atoms with Gasteiger partial charge in [-0.25, -0.2) is 0 Å². The summed E-state index contributed by atoms with van der Waals surface area (Å²) in [5, 5.41) is 0. The van der Waals surface area contributed by atoms with Crippen LogP contribution in [0.1, 0.15) is 62.5 Å². The SMILES string of the molecule is CC1CCC(c2ccccc2C2(N)CC2)CC1. The van der Waals surface area contributed by atoms with Crippen molar-refractivity contribution in [1.29, 1.82) is 0 Å². The summed E-state index contributed by atoms with van der Waals surface area (Å²) in [5.41, 5.74) is 9.43. The molecule has 17 heavy (non-hydrogen) atoms. The molecule has 3 rings (SSSR count). The van der Waals surface area contributed by atoms with E-state index in [2.05, 4.69) is 31.2 Å². The molecule has 92 valence electrons. The predicted molar refractivity (Wildman–Crippen MR) is 71.9 cm³/mol. The highest BCUT2D eigenvalue weighted by Crippen LogP contribution is 2.47. The maximum atomic E-state index is 6.40. The van der Waals surface area contributed by atoms with Gasteiger partial charge in [0.25, 0.3) is 0 Å². The maximum Gasteiger partial charge on any atom is 0.0414 e. The van der Waals surface area contributed by atoms with E-state index in [4.69, 9.17) is 5.73 Å². The van der Waals surface area contributed by atoms with Gasteiger partial charge in [-0.3, -0.25) is 0 Å². The lowest BCUT2D eigenvalue weighted by Gasteiger charge is -2.29. The molecule has 2 fully saturated rings. The minimum atomic E-state index is 0.0274. The van der Waals surface area contributed by atoms with Crippen LogP contribution in [0, 0.1) is 5.92 Å². The molecule has 0 atom stereocenters. The van der Waals surface area contributed by atoms with E-state index in [-0.39, 0.29) is 5.54 Å². The third kappa shape index (κ3) is 2.13. The van der Waals surface area contributed by atoms with E-state index in [1.807, 2.05) is 0 Å². The average molecular weight is 229 g/mol. The lowest BCUT2D eigenvalue weighted by molar-refractivity contribution is 0.346. The molecule has 1 aromatic rings.